The Labute approximate surface area is 166 Å². The summed E-state index contributed by atoms with van der Waals surface area (Å²) >= 11 is 7.14. The first-order valence-electron chi connectivity index (χ1n) is 7.58. The number of rotatable bonds is 5. The van der Waals surface area contributed by atoms with Crippen LogP contribution in [0.25, 0.3) is 0 Å². The SMILES string of the molecule is CN(C)P(Cl)(/C=C/[C]1[CH][CH][CH][CH]1)(N(C)C)N(C)C.[CH]1[CH][CH][CH][CH]1.[Fe]. The summed E-state index contributed by atoms with van der Waals surface area (Å²) < 4.78 is 6.35. The van der Waals surface area contributed by atoms with Crippen LogP contribution in [0.2, 0.25) is 0 Å². The predicted octanol–water partition coefficient (Wildman–Crippen LogP) is 4.06. The molecule has 0 atom stereocenters. The van der Waals surface area contributed by atoms with E-state index in [2.05, 4.69) is 38.7 Å². The second-order valence-corrected chi connectivity index (χ2v) is 12.5. The summed E-state index contributed by atoms with van der Waals surface area (Å²) in [5, 5.41) is 0. The van der Waals surface area contributed by atoms with Crippen LogP contribution in [-0.4, -0.2) is 56.3 Å². The van der Waals surface area contributed by atoms with E-state index in [4.69, 9.17) is 11.2 Å². The van der Waals surface area contributed by atoms with E-state index in [1.54, 1.807) is 0 Å². The Bertz CT molecular complexity index is 346. The number of halogens is 1. The molecule has 2 aliphatic carbocycles. The maximum Gasteiger partial charge on any atom is 0 e. The summed E-state index contributed by atoms with van der Waals surface area (Å²) in [4.78, 5) is 0. The first-order chi connectivity index (χ1) is 10.7. The molecule has 10 radical (unpaired) electrons. The van der Waals surface area contributed by atoms with Gasteiger partial charge in [0.05, 0.1) is 0 Å². The first kappa shape index (κ1) is 24.9. The molecule has 24 heavy (non-hydrogen) atoms. The van der Waals surface area contributed by atoms with Crippen LogP contribution in [-0.2, 0) is 17.1 Å². The molecule has 0 spiro atoms. The Hall–Kier alpha value is 0.859. The van der Waals surface area contributed by atoms with Gasteiger partial charge in [-0.15, -0.1) is 0 Å². The third-order valence-corrected chi connectivity index (χ3v) is 12.1. The van der Waals surface area contributed by atoms with Crippen molar-refractivity contribution in [2.45, 2.75) is 0 Å². The van der Waals surface area contributed by atoms with Gasteiger partial charge in [0.25, 0.3) is 0 Å². The molecule has 0 amide bonds. The quantitative estimate of drug-likeness (QED) is 0.501. The third-order valence-electron chi connectivity index (χ3n) is 3.99. The minimum Gasteiger partial charge on any atom is -0.0312 e. The molecular weight excluding hydrogens is 380 g/mol. The average Bonchev–Trinajstić information content (AvgIpc) is 3.19. The van der Waals surface area contributed by atoms with Gasteiger partial charge in [0.2, 0.25) is 0 Å². The van der Waals surface area contributed by atoms with Crippen LogP contribution in [0.3, 0.4) is 0 Å². The summed E-state index contributed by atoms with van der Waals surface area (Å²) in [6.45, 7) is 0. The van der Waals surface area contributed by atoms with Crippen molar-refractivity contribution in [3.8, 4) is 0 Å². The monoisotopic (exact) mass is 409 g/mol. The van der Waals surface area contributed by atoms with E-state index in [0.29, 0.717) is 0 Å². The maximum absolute atomic E-state index is 7.14. The second kappa shape index (κ2) is 10.9. The third kappa shape index (κ3) is 5.68. The molecule has 0 aromatic heterocycles. The fourth-order valence-corrected chi connectivity index (χ4v) is 6.05. The van der Waals surface area contributed by atoms with Gasteiger partial charge in [0.15, 0.2) is 0 Å². The average molecular weight is 410 g/mol. The molecule has 2 aliphatic rings. The van der Waals surface area contributed by atoms with Gasteiger partial charge in [-0.05, 0) is 32.1 Å². The molecule has 6 heteroatoms. The fourth-order valence-electron chi connectivity index (χ4n) is 2.51. The molecule has 0 aromatic carbocycles. The molecule has 0 N–H and O–H groups in total. The van der Waals surface area contributed by atoms with Crippen LogP contribution in [0.5, 0.6) is 0 Å². The Morgan fingerprint density at radius 2 is 1.04 bits per heavy atom. The molecule has 136 valence electrons. The number of hydrogen-bond donors (Lipinski definition) is 0. The van der Waals surface area contributed by atoms with E-state index in [-0.39, 0.29) is 17.1 Å². The van der Waals surface area contributed by atoms with Crippen molar-refractivity contribution >= 4 is 17.6 Å². The first-order valence-corrected chi connectivity index (χ1v) is 10.6. The molecule has 0 saturated heterocycles. The smallest absolute Gasteiger partial charge is 0 e. The molecule has 0 bridgehead atoms. The molecule has 2 saturated carbocycles. The van der Waals surface area contributed by atoms with Gasteiger partial charge in [-0.3, -0.25) is 0 Å². The van der Waals surface area contributed by atoms with Gasteiger partial charge < -0.3 is 0 Å². The normalized spacial score (nSPS) is 21.0. The van der Waals surface area contributed by atoms with E-state index in [1.165, 1.54) is 5.92 Å². The Kier molecular flexibility index (Phi) is 11.3. The Balaban J connectivity index is 0.000000751. The summed E-state index contributed by atoms with van der Waals surface area (Å²) in [5.74, 6) is 3.32. The summed E-state index contributed by atoms with van der Waals surface area (Å²) in [7, 11) is 12.2. The van der Waals surface area contributed by atoms with Gasteiger partial charge >= 0.3 is 117 Å². The maximum atomic E-state index is 7.14. The van der Waals surface area contributed by atoms with E-state index in [1.807, 2.05) is 87.2 Å². The molecule has 3 nitrogen and oxygen atoms in total. The van der Waals surface area contributed by atoms with Gasteiger partial charge in [0.1, 0.15) is 0 Å². The van der Waals surface area contributed by atoms with Crippen LogP contribution in [0, 0.1) is 63.7 Å². The van der Waals surface area contributed by atoms with Gasteiger partial charge in [-0.1, -0.05) is 0 Å². The van der Waals surface area contributed by atoms with E-state index in [0.717, 1.165) is 0 Å². The zero-order valence-corrected chi connectivity index (χ0v) is 18.1. The van der Waals surface area contributed by atoms with Crippen LogP contribution >= 0.6 is 17.6 Å². The Morgan fingerprint density at radius 1 is 0.708 bits per heavy atom. The van der Waals surface area contributed by atoms with Crippen molar-refractivity contribution in [1.29, 1.82) is 0 Å². The van der Waals surface area contributed by atoms with Gasteiger partial charge in [-0.2, -0.15) is 0 Å². The van der Waals surface area contributed by atoms with Crippen molar-refractivity contribution in [3.63, 3.8) is 0 Å². The number of hydrogen-bond acceptors (Lipinski definition) is 3. The fraction of sp³-hybridized carbons (Fsp3) is 0.333. The summed E-state index contributed by atoms with van der Waals surface area (Å²) in [6, 6.07) is 0. The minimum atomic E-state index is -2.88. The van der Waals surface area contributed by atoms with Crippen molar-refractivity contribution in [2.75, 3.05) is 42.3 Å². The van der Waals surface area contributed by atoms with E-state index in [9.17, 15) is 0 Å². The number of nitrogens with zero attached hydrogens (tertiary/aromatic N) is 3. The standard InChI is InChI=1S/C13H24ClN3P.C5H5.Fe/c1-15(2)18(14,16(3)4,17(5)6)12-11-13-9-7-8-10-13;1-2-4-5-3-1;/h7-12H,1-6H3;1-5H;/b12-11+;;. The molecular formula is C18H29ClFeN3P. The topological polar surface area (TPSA) is 9.72 Å². The van der Waals surface area contributed by atoms with Crippen LogP contribution in [0.15, 0.2) is 11.9 Å². The zero-order chi connectivity index (χ0) is 17.5. The molecule has 0 heterocycles. The summed E-state index contributed by atoms with van der Waals surface area (Å²) in [6.07, 6.45) is 17.4. The predicted molar refractivity (Wildman–Crippen MR) is 105 cm³/mol. The van der Waals surface area contributed by atoms with E-state index < -0.39 is 6.41 Å². The second-order valence-electron chi connectivity index (χ2n) is 5.98. The molecule has 2 fully saturated rings. The Morgan fingerprint density at radius 3 is 1.33 bits per heavy atom. The van der Waals surface area contributed by atoms with Crippen LogP contribution < -0.4 is 0 Å². The molecule has 0 unspecified atom stereocenters. The molecule has 0 aromatic rings. The van der Waals surface area contributed by atoms with Crippen LogP contribution in [0.4, 0.5) is 0 Å². The van der Waals surface area contributed by atoms with Crippen LogP contribution in [0.1, 0.15) is 0 Å². The molecule has 2 rings (SSSR count). The van der Waals surface area contributed by atoms with Crippen molar-refractivity contribution in [1.82, 2.24) is 14.0 Å². The van der Waals surface area contributed by atoms with E-state index >= 15 is 0 Å². The minimum absolute atomic E-state index is 0. The van der Waals surface area contributed by atoms with Crippen molar-refractivity contribution in [2.24, 2.45) is 0 Å². The van der Waals surface area contributed by atoms with Crippen molar-refractivity contribution < 1.29 is 17.1 Å². The number of allylic oxidation sites excluding steroid dienone is 1. The van der Waals surface area contributed by atoms with Gasteiger partial charge in [-0.25, -0.2) is 0 Å². The summed E-state index contributed by atoms with van der Waals surface area (Å²) in [5.41, 5.74) is 0. The largest absolute Gasteiger partial charge is 0.0312 e. The zero-order valence-electron chi connectivity index (χ0n) is 15.4. The molecule has 0 aliphatic heterocycles. The van der Waals surface area contributed by atoms with Crippen molar-refractivity contribution in [3.05, 3.63) is 75.6 Å². The van der Waals surface area contributed by atoms with Gasteiger partial charge in [0, 0.05) is 17.1 Å².